The number of carbonyl (C=O) groups is 1. The van der Waals surface area contributed by atoms with Crippen LogP contribution in [0.4, 0.5) is 13.2 Å². The van der Waals surface area contributed by atoms with Crippen LogP contribution in [0.15, 0.2) is 18.3 Å². The van der Waals surface area contributed by atoms with Gasteiger partial charge in [-0.2, -0.15) is 13.2 Å². The summed E-state index contributed by atoms with van der Waals surface area (Å²) in [5.41, 5.74) is 0.461. The van der Waals surface area contributed by atoms with E-state index in [-0.39, 0.29) is 12.2 Å². The molecule has 0 aliphatic rings. The van der Waals surface area contributed by atoms with Gasteiger partial charge in [-0.15, -0.1) is 0 Å². The van der Waals surface area contributed by atoms with Gasteiger partial charge in [-0.05, 0) is 18.6 Å². The third-order valence-corrected chi connectivity index (χ3v) is 2.24. The van der Waals surface area contributed by atoms with E-state index in [2.05, 4.69) is 4.98 Å². The Morgan fingerprint density at radius 1 is 1.50 bits per heavy atom. The number of hydrogen-bond donors (Lipinski definition) is 1. The molecular weight excluding hydrogens is 249 g/mol. The van der Waals surface area contributed by atoms with E-state index in [1.807, 2.05) is 0 Å². The summed E-state index contributed by atoms with van der Waals surface area (Å²) >= 11 is 0. The summed E-state index contributed by atoms with van der Waals surface area (Å²) in [4.78, 5) is 16.2. The molecule has 1 N–H and O–H groups in total. The monoisotopic (exact) mass is 262 g/mol. The third kappa shape index (κ3) is 3.99. The Balaban J connectivity index is 2.93. The van der Waals surface area contributed by atoms with Crippen LogP contribution in [0.2, 0.25) is 0 Å². The Morgan fingerprint density at radius 2 is 2.17 bits per heavy atom. The molecule has 0 aromatic carbocycles. The number of aromatic nitrogens is 1. The van der Waals surface area contributed by atoms with Gasteiger partial charge >= 0.3 is 6.18 Å². The lowest BCUT2D eigenvalue weighted by Crippen LogP contribution is -2.41. The molecule has 4 nitrogen and oxygen atoms in total. The SMILES string of the molecule is Cc1cccnc1C(=O)N(CCO)CC(F)(F)F. The van der Waals surface area contributed by atoms with Crippen molar-refractivity contribution in [3.63, 3.8) is 0 Å². The minimum atomic E-state index is -4.51. The lowest BCUT2D eigenvalue weighted by atomic mass is 10.2. The molecule has 7 heteroatoms. The smallest absolute Gasteiger partial charge is 0.395 e. The summed E-state index contributed by atoms with van der Waals surface area (Å²) in [6, 6.07) is 3.18. The van der Waals surface area contributed by atoms with Gasteiger partial charge in [0.15, 0.2) is 0 Å². The maximum atomic E-state index is 12.3. The van der Waals surface area contributed by atoms with E-state index in [0.29, 0.717) is 10.5 Å². The molecule has 0 aliphatic carbocycles. The largest absolute Gasteiger partial charge is 0.406 e. The van der Waals surface area contributed by atoms with Gasteiger partial charge in [0.05, 0.1) is 6.61 Å². The summed E-state index contributed by atoms with van der Waals surface area (Å²) in [7, 11) is 0. The molecule has 1 aromatic heterocycles. The van der Waals surface area contributed by atoms with Gasteiger partial charge in [0.2, 0.25) is 0 Å². The highest BCUT2D eigenvalue weighted by Gasteiger charge is 2.33. The highest BCUT2D eigenvalue weighted by molar-refractivity contribution is 5.93. The second-order valence-electron chi connectivity index (χ2n) is 3.73. The van der Waals surface area contributed by atoms with Crippen molar-refractivity contribution in [2.24, 2.45) is 0 Å². The molecule has 0 fully saturated rings. The van der Waals surface area contributed by atoms with Crippen molar-refractivity contribution in [3.05, 3.63) is 29.6 Å². The number of halogens is 3. The number of pyridine rings is 1. The minimum Gasteiger partial charge on any atom is -0.395 e. The first-order chi connectivity index (χ1) is 8.35. The van der Waals surface area contributed by atoms with Crippen LogP contribution in [0.5, 0.6) is 0 Å². The first-order valence-corrected chi connectivity index (χ1v) is 5.23. The first-order valence-electron chi connectivity index (χ1n) is 5.23. The van der Waals surface area contributed by atoms with Crippen molar-refractivity contribution in [1.82, 2.24) is 9.88 Å². The molecule has 100 valence electrons. The van der Waals surface area contributed by atoms with Crippen molar-refractivity contribution < 1.29 is 23.1 Å². The van der Waals surface area contributed by atoms with Crippen molar-refractivity contribution in [1.29, 1.82) is 0 Å². The van der Waals surface area contributed by atoms with Gasteiger partial charge in [-0.3, -0.25) is 9.78 Å². The molecule has 0 saturated carbocycles. The second kappa shape index (κ2) is 5.81. The van der Waals surface area contributed by atoms with E-state index in [1.165, 1.54) is 6.20 Å². The van der Waals surface area contributed by atoms with Crippen LogP contribution >= 0.6 is 0 Å². The van der Waals surface area contributed by atoms with Crippen molar-refractivity contribution >= 4 is 5.91 Å². The molecular formula is C11H13F3N2O2. The molecule has 1 aromatic rings. The summed E-state index contributed by atoms with van der Waals surface area (Å²) in [5, 5.41) is 8.72. The van der Waals surface area contributed by atoms with Gasteiger partial charge in [0.1, 0.15) is 12.2 Å². The van der Waals surface area contributed by atoms with Crippen LogP contribution in [-0.2, 0) is 0 Å². The van der Waals surface area contributed by atoms with Crippen molar-refractivity contribution in [2.45, 2.75) is 13.1 Å². The molecule has 0 aliphatic heterocycles. The minimum absolute atomic E-state index is 0.0322. The zero-order chi connectivity index (χ0) is 13.8. The van der Waals surface area contributed by atoms with Crippen LogP contribution < -0.4 is 0 Å². The standard InChI is InChI=1S/C11H13F3N2O2/c1-8-3-2-4-15-9(8)10(18)16(5-6-17)7-11(12,13)14/h2-4,17H,5-7H2,1H3. The van der Waals surface area contributed by atoms with Crippen LogP contribution in [0.1, 0.15) is 16.1 Å². The van der Waals surface area contributed by atoms with Gasteiger partial charge < -0.3 is 10.0 Å². The molecule has 0 spiro atoms. The summed E-state index contributed by atoms with van der Waals surface area (Å²) < 4.78 is 36.9. The lowest BCUT2D eigenvalue weighted by Gasteiger charge is -2.23. The zero-order valence-corrected chi connectivity index (χ0v) is 9.74. The molecule has 0 bridgehead atoms. The van der Waals surface area contributed by atoms with Gasteiger partial charge in [-0.1, -0.05) is 6.07 Å². The van der Waals surface area contributed by atoms with Gasteiger partial charge in [0.25, 0.3) is 5.91 Å². The van der Waals surface area contributed by atoms with Crippen LogP contribution in [0, 0.1) is 6.92 Å². The number of alkyl halides is 3. The Labute approximate surface area is 102 Å². The Morgan fingerprint density at radius 3 is 2.67 bits per heavy atom. The fourth-order valence-corrected chi connectivity index (χ4v) is 1.45. The normalized spacial score (nSPS) is 11.4. The fourth-order valence-electron chi connectivity index (χ4n) is 1.45. The van der Waals surface area contributed by atoms with E-state index in [9.17, 15) is 18.0 Å². The predicted octanol–water partition coefficient (Wildman–Crippen LogP) is 1.39. The Hall–Kier alpha value is -1.63. The Kier molecular flexibility index (Phi) is 4.66. The average Bonchev–Trinajstić information content (AvgIpc) is 2.26. The quantitative estimate of drug-likeness (QED) is 0.892. The maximum Gasteiger partial charge on any atom is 0.406 e. The molecule has 1 rings (SSSR count). The average molecular weight is 262 g/mol. The lowest BCUT2D eigenvalue weighted by molar-refractivity contribution is -0.141. The second-order valence-corrected chi connectivity index (χ2v) is 3.73. The van der Waals surface area contributed by atoms with Gasteiger partial charge in [0, 0.05) is 12.7 Å². The topological polar surface area (TPSA) is 53.4 Å². The summed E-state index contributed by atoms with van der Waals surface area (Å²) in [5.74, 6) is -0.834. The number of amides is 1. The Bertz CT molecular complexity index is 421. The molecule has 0 atom stereocenters. The molecule has 0 radical (unpaired) electrons. The number of nitrogens with zero attached hydrogens (tertiary/aromatic N) is 2. The zero-order valence-electron chi connectivity index (χ0n) is 9.74. The number of rotatable bonds is 4. The highest BCUT2D eigenvalue weighted by Crippen LogP contribution is 2.18. The van der Waals surface area contributed by atoms with E-state index in [4.69, 9.17) is 5.11 Å². The maximum absolute atomic E-state index is 12.3. The predicted molar refractivity (Wildman–Crippen MR) is 58.0 cm³/mol. The molecule has 0 unspecified atom stereocenters. The van der Waals surface area contributed by atoms with E-state index in [1.54, 1.807) is 19.1 Å². The third-order valence-electron chi connectivity index (χ3n) is 2.24. The number of carbonyl (C=O) groups excluding carboxylic acids is 1. The van der Waals surface area contributed by atoms with E-state index in [0.717, 1.165) is 0 Å². The molecule has 18 heavy (non-hydrogen) atoms. The number of aryl methyl sites for hydroxylation is 1. The molecule has 1 amide bonds. The first kappa shape index (κ1) is 14.4. The van der Waals surface area contributed by atoms with Crippen molar-refractivity contribution in [2.75, 3.05) is 19.7 Å². The summed E-state index contributed by atoms with van der Waals surface area (Å²) in [6.07, 6.45) is -3.17. The van der Waals surface area contributed by atoms with Crippen molar-refractivity contribution in [3.8, 4) is 0 Å². The van der Waals surface area contributed by atoms with E-state index < -0.39 is 25.2 Å². The highest BCUT2D eigenvalue weighted by atomic mass is 19.4. The van der Waals surface area contributed by atoms with Crippen LogP contribution in [0.25, 0.3) is 0 Å². The number of hydrogen-bond acceptors (Lipinski definition) is 3. The molecule has 0 saturated heterocycles. The van der Waals surface area contributed by atoms with E-state index >= 15 is 0 Å². The molecule has 1 heterocycles. The van der Waals surface area contributed by atoms with Crippen LogP contribution in [-0.4, -0.2) is 46.8 Å². The number of aliphatic hydroxyl groups excluding tert-OH is 1. The fraction of sp³-hybridized carbons (Fsp3) is 0.455. The van der Waals surface area contributed by atoms with Gasteiger partial charge in [-0.25, -0.2) is 0 Å². The number of aliphatic hydroxyl groups is 1. The van der Waals surface area contributed by atoms with Crippen LogP contribution in [0.3, 0.4) is 0 Å². The summed E-state index contributed by atoms with van der Waals surface area (Å²) in [6.45, 7) is -0.727.